The highest BCUT2D eigenvalue weighted by Gasteiger charge is 2.41. The highest BCUT2D eigenvalue weighted by atomic mass is 16.6. The zero-order chi connectivity index (χ0) is 17.3. The van der Waals surface area contributed by atoms with Crippen LogP contribution in [0.4, 0.5) is 4.79 Å². The fourth-order valence-corrected chi connectivity index (χ4v) is 3.88. The molecule has 0 N–H and O–H groups in total. The minimum atomic E-state index is -0.517. The van der Waals surface area contributed by atoms with E-state index in [4.69, 9.17) is 4.74 Å². The average Bonchev–Trinajstić information content (AvgIpc) is 2.70. The Kier molecular flexibility index (Phi) is 4.66. The summed E-state index contributed by atoms with van der Waals surface area (Å²) in [6.45, 7) is 6.33. The molecule has 2 atom stereocenters. The van der Waals surface area contributed by atoms with E-state index < -0.39 is 5.60 Å². The fourth-order valence-electron chi connectivity index (χ4n) is 3.88. The largest absolute Gasteiger partial charge is 0.444 e. The molecule has 1 aromatic carbocycles. The van der Waals surface area contributed by atoms with Crippen LogP contribution in [-0.2, 0) is 11.2 Å². The highest BCUT2D eigenvalue weighted by Crippen LogP contribution is 2.34. The molecule has 2 unspecified atom stereocenters. The summed E-state index contributed by atoms with van der Waals surface area (Å²) < 4.78 is 5.61. The molecule has 1 aromatic rings. The number of carbonyl (C=O) groups is 2. The molecule has 0 radical (unpaired) electrons. The van der Waals surface area contributed by atoms with E-state index in [0.29, 0.717) is 6.54 Å². The zero-order valence-electron chi connectivity index (χ0n) is 14.9. The molecule has 0 aromatic heterocycles. The quantitative estimate of drug-likeness (QED) is 0.775. The maximum atomic E-state index is 12.9. The van der Waals surface area contributed by atoms with Crippen LogP contribution < -0.4 is 0 Å². The molecule has 24 heavy (non-hydrogen) atoms. The second kappa shape index (κ2) is 6.58. The van der Waals surface area contributed by atoms with Gasteiger partial charge in [0.2, 0.25) is 0 Å². The Balaban J connectivity index is 1.84. The van der Waals surface area contributed by atoms with Crippen molar-refractivity contribution in [1.82, 2.24) is 4.90 Å². The van der Waals surface area contributed by atoms with Crippen LogP contribution in [0.2, 0.25) is 0 Å². The SMILES string of the molecule is CC(C)(C)OC(=O)N1CCCCCC1C1Cc2ccccc2C1=O. The van der Waals surface area contributed by atoms with Crippen LogP contribution in [0.25, 0.3) is 0 Å². The van der Waals surface area contributed by atoms with Crippen molar-refractivity contribution in [1.29, 1.82) is 0 Å². The lowest BCUT2D eigenvalue weighted by atomic mass is 9.91. The van der Waals surface area contributed by atoms with Gasteiger partial charge in [-0.15, -0.1) is 0 Å². The smallest absolute Gasteiger partial charge is 0.410 e. The van der Waals surface area contributed by atoms with Crippen molar-refractivity contribution in [3.8, 4) is 0 Å². The molecule has 4 nitrogen and oxygen atoms in total. The predicted octanol–water partition coefficient (Wildman–Crippen LogP) is 4.22. The molecule has 1 saturated heterocycles. The lowest BCUT2D eigenvalue weighted by molar-refractivity contribution is 0.0112. The molecule has 0 bridgehead atoms. The number of likely N-dealkylation sites (tertiary alicyclic amines) is 1. The molecule has 1 amide bonds. The third-order valence-electron chi connectivity index (χ3n) is 4.95. The first-order chi connectivity index (χ1) is 11.4. The van der Waals surface area contributed by atoms with Crippen molar-refractivity contribution in [3.05, 3.63) is 35.4 Å². The number of amides is 1. The number of fused-ring (bicyclic) bond motifs is 1. The van der Waals surface area contributed by atoms with Crippen LogP contribution in [0.15, 0.2) is 24.3 Å². The highest BCUT2D eigenvalue weighted by molar-refractivity contribution is 6.02. The number of carbonyl (C=O) groups excluding carboxylic acids is 2. The minimum Gasteiger partial charge on any atom is -0.444 e. The Morgan fingerprint density at radius 2 is 1.92 bits per heavy atom. The number of nitrogens with zero attached hydrogens (tertiary/aromatic N) is 1. The first-order valence-corrected chi connectivity index (χ1v) is 8.98. The van der Waals surface area contributed by atoms with Crippen molar-refractivity contribution in [2.75, 3.05) is 6.54 Å². The maximum absolute atomic E-state index is 12.9. The average molecular weight is 329 g/mol. The molecule has 130 valence electrons. The van der Waals surface area contributed by atoms with Crippen LogP contribution >= 0.6 is 0 Å². The molecule has 0 saturated carbocycles. The molecular formula is C20H27NO3. The van der Waals surface area contributed by atoms with Crippen LogP contribution in [0.3, 0.4) is 0 Å². The Labute approximate surface area is 144 Å². The number of ketones is 1. The summed E-state index contributed by atoms with van der Waals surface area (Å²) in [6, 6.07) is 7.78. The number of ether oxygens (including phenoxy) is 1. The number of benzene rings is 1. The zero-order valence-corrected chi connectivity index (χ0v) is 14.9. The van der Waals surface area contributed by atoms with Gasteiger partial charge in [-0.25, -0.2) is 4.79 Å². The Morgan fingerprint density at radius 3 is 2.62 bits per heavy atom. The summed E-state index contributed by atoms with van der Waals surface area (Å²) in [6.07, 6.45) is 4.47. The van der Waals surface area contributed by atoms with Gasteiger partial charge in [-0.2, -0.15) is 0 Å². The normalized spacial score (nSPS) is 24.5. The van der Waals surface area contributed by atoms with Crippen molar-refractivity contribution >= 4 is 11.9 Å². The third-order valence-corrected chi connectivity index (χ3v) is 4.95. The van der Waals surface area contributed by atoms with Gasteiger partial charge in [0.25, 0.3) is 0 Å². The molecule has 1 fully saturated rings. The topological polar surface area (TPSA) is 46.6 Å². The first kappa shape index (κ1) is 17.0. The fraction of sp³-hybridized carbons (Fsp3) is 0.600. The van der Waals surface area contributed by atoms with Crippen molar-refractivity contribution in [2.24, 2.45) is 5.92 Å². The first-order valence-electron chi connectivity index (χ1n) is 8.98. The maximum Gasteiger partial charge on any atom is 0.410 e. The van der Waals surface area contributed by atoms with Crippen molar-refractivity contribution in [3.63, 3.8) is 0 Å². The summed E-state index contributed by atoms with van der Waals surface area (Å²) in [5, 5.41) is 0. The van der Waals surface area contributed by atoms with Gasteiger partial charge in [-0.3, -0.25) is 4.79 Å². The van der Waals surface area contributed by atoms with Crippen molar-refractivity contribution < 1.29 is 14.3 Å². The van der Waals surface area contributed by atoms with Crippen LogP contribution in [-0.4, -0.2) is 35.0 Å². The standard InChI is InChI=1S/C20H27NO3/c1-20(2,3)24-19(23)21-12-8-4-5-11-17(21)16-13-14-9-6-7-10-15(14)18(16)22/h6-7,9-10,16-17H,4-5,8,11-13H2,1-3H3. The summed E-state index contributed by atoms with van der Waals surface area (Å²) in [4.78, 5) is 27.4. The number of hydrogen-bond acceptors (Lipinski definition) is 3. The summed E-state index contributed by atoms with van der Waals surface area (Å²) in [7, 11) is 0. The Bertz CT molecular complexity index is 632. The summed E-state index contributed by atoms with van der Waals surface area (Å²) in [5.41, 5.74) is 1.42. The second-order valence-electron chi connectivity index (χ2n) is 7.92. The van der Waals surface area contributed by atoms with Gasteiger partial charge < -0.3 is 9.64 Å². The monoisotopic (exact) mass is 329 g/mol. The number of rotatable bonds is 1. The van der Waals surface area contributed by atoms with Crippen LogP contribution in [0.1, 0.15) is 62.4 Å². The van der Waals surface area contributed by atoms with E-state index in [-0.39, 0.29) is 23.8 Å². The molecule has 1 aliphatic heterocycles. The molecule has 1 heterocycles. The Hall–Kier alpha value is -1.84. The van der Waals surface area contributed by atoms with E-state index in [9.17, 15) is 9.59 Å². The van der Waals surface area contributed by atoms with Crippen LogP contribution in [0, 0.1) is 5.92 Å². The number of Topliss-reactive ketones (excluding diaryl/α,β-unsaturated/α-hetero) is 1. The third kappa shape index (κ3) is 3.47. The van der Waals surface area contributed by atoms with Gasteiger partial charge >= 0.3 is 6.09 Å². The lowest BCUT2D eigenvalue weighted by Crippen LogP contribution is -2.47. The molecule has 1 aliphatic carbocycles. The van der Waals surface area contributed by atoms with E-state index in [1.54, 1.807) is 0 Å². The van der Waals surface area contributed by atoms with Gasteiger partial charge in [0.05, 0.1) is 0 Å². The Morgan fingerprint density at radius 1 is 1.17 bits per heavy atom. The van der Waals surface area contributed by atoms with Gasteiger partial charge in [-0.1, -0.05) is 37.1 Å². The van der Waals surface area contributed by atoms with E-state index in [2.05, 4.69) is 0 Å². The van der Waals surface area contributed by atoms with Gasteiger partial charge in [0.15, 0.2) is 5.78 Å². The van der Waals surface area contributed by atoms with E-state index in [1.165, 1.54) is 0 Å². The van der Waals surface area contributed by atoms with Gasteiger partial charge in [0.1, 0.15) is 5.60 Å². The van der Waals surface area contributed by atoms with E-state index >= 15 is 0 Å². The predicted molar refractivity (Wildman–Crippen MR) is 93.2 cm³/mol. The number of hydrogen-bond donors (Lipinski definition) is 0. The molecule has 0 spiro atoms. The molecule has 4 heteroatoms. The molecular weight excluding hydrogens is 302 g/mol. The summed E-state index contributed by atoms with van der Waals surface area (Å²) >= 11 is 0. The minimum absolute atomic E-state index is 0.0535. The molecule has 2 aliphatic rings. The van der Waals surface area contributed by atoms with E-state index in [1.807, 2.05) is 49.9 Å². The van der Waals surface area contributed by atoms with E-state index in [0.717, 1.165) is 43.2 Å². The van der Waals surface area contributed by atoms with Crippen LogP contribution in [0.5, 0.6) is 0 Å². The van der Waals surface area contributed by atoms with Crippen molar-refractivity contribution in [2.45, 2.75) is 64.5 Å². The molecule has 3 rings (SSSR count). The van der Waals surface area contributed by atoms with Gasteiger partial charge in [-0.05, 0) is 45.6 Å². The second-order valence-corrected chi connectivity index (χ2v) is 7.92. The van der Waals surface area contributed by atoms with Gasteiger partial charge in [0, 0.05) is 24.1 Å². The lowest BCUT2D eigenvalue weighted by Gasteiger charge is -2.35. The summed E-state index contributed by atoms with van der Waals surface area (Å²) in [5.74, 6) is 0.0547.